The topological polar surface area (TPSA) is 116 Å². The van der Waals surface area contributed by atoms with Crippen LogP contribution >= 0.6 is 0 Å². The van der Waals surface area contributed by atoms with Gasteiger partial charge in [0.1, 0.15) is 17.2 Å². The zero-order valence-corrected chi connectivity index (χ0v) is 23.2. The highest BCUT2D eigenvalue weighted by molar-refractivity contribution is 7.92. The Morgan fingerprint density at radius 2 is 1.75 bits per heavy atom. The summed E-state index contributed by atoms with van der Waals surface area (Å²) in [5.74, 6) is -0.448. The van der Waals surface area contributed by atoms with Crippen molar-refractivity contribution in [3.8, 4) is 22.5 Å². The summed E-state index contributed by atoms with van der Waals surface area (Å²) in [5, 5.41) is 11.9. The highest BCUT2D eigenvalue weighted by Gasteiger charge is 2.24. The third-order valence-corrected chi connectivity index (χ3v) is 7.89. The predicted molar refractivity (Wildman–Crippen MR) is 150 cm³/mol. The van der Waals surface area contributed by atoms with Crippen molar-refractivity contribution >= 4 is 15.8 Å². The standard InChI is InChI=1S/C29H29FN6O3S/c1-4-5-10-27-31-25(24-16-11-19(2)32-33-24)18-36(27)17-21-12-14-22(15-13-21)23-8-6-7-9-26(23)40(37,38)35-29-28(30)20(3)39-34-29/h6-9,11-16,18H,4-5,10,17H2,1-3H3,(H,34,35). The van der Waals surface area contributed by atoms with Gasteiger partial charge < -0.3 is 9.09 Å². The van der Waals surface area contributed by atoms with Crippen LogP contribution in [0.3, 0.4) is 0 Å². The lowest BCUT2D eigenvalue weighted by Gasteiger charge is -2.12. The summed E-state index contributed by atoms with van der Waals surface area (Å²) in [7, 11) is -4.14. The van der Waals surface area contributed by atoms with Gasteiger partial charge in [-0.25, -0.2) is 13.4 Å². The lowest BCUT2D eigenvalue weighted by atomic mass is 10.0. The number of aryl methyl sites for hydroxylation is 3. The van der Waals surface area contributed by atoms with Crippen molar-refractivity contribution in [3.05, 3.63) is 95.5 Å². The Morgan fingerprint density at radius 3 is 2.42 bits per heavy atom. The van der Waals surface area contributed by atoms with Crippen molar-refractivity contribution in [2.75, 3.05) is 4.72 Å². The molecule has 9 nitrogen and oxygen atoms in total. The molecule has 0 aliphatic rings. The van der Waals surface area contributed by atoms with Crippen molar-refractivity contribution in [2.24, 2.45) is 0 Å². The Morgan fingerprint density at radius 1 is 0.975 bits per heavy atom. The Hall–Kier alpha value is -4.38. The van der Waals surface area contributed by atoms with Gasteiger partial charge in [-0.3, -0.25) is 4.72 Å². The van der Waals surface area contributed by atoms with E-state index in [1.165, 1.54) is 13.0 Å². The van der Waals surface area contributed by atoms with Crippen molar-refractivity contribution in [1.29, 1.82) is 0 Å². The summed E-state index contributed by atoms with van der Waals surface area (Å²) in [6.45, 7) is 6.00. The molecule has 0 amide bonds. The van der Waals surface area contributed by atoms with Gasteiger partial charge in [-0.15, -0.1) is 5.10 Å². The third-order valence-electron chi connectivity index (χ3n) is 6.49. The first kappa shape index (κ1) is 27.2. The molecule has 5 rings (SSSR count). The molecule has 0 unspecified atom stereocenters. The van der Waals surface area contributed by atoms with Crippen LogP contribution in [0.5, 0.6) is 0 Å². The molecule has 11 heteroatoms. The monoisotopic (exact) mass is 560 g/mol. The fourth-order valence-electron chi connectivity index (χ4n) is 4.32. The molecule has 206 valence electrons. The number of anilines is 1. The number of hydrogen-bond donors (Lipinski definition) is 1. The average molecular weight is 561 g/mol. The first-order chi connectivity index (χ1) is 19.2. The molecule has 2 aromatic carbocycles. The van der Waals surface area contributed by atoms with Crippen LogP contribution in [0.15, 0.2) is 76.3 Å². The van der Waals surface area contributed by atoms with E-state index in [1.54, 1.807) is 18.2 Å². The van der Waals surface area contributed by atoms with Crippen LogP contribution in [0.2, 0.25) is 0 Å². The van der Waals surface area contributed by atoms with Crippen LogP contribution in [-0.4, -0.2) is 33.3 Å². The minimum absolute atomic E-state index is 0.00288. The molecule has 0 fully saturated rings. The van der Waals surface area contributed by atoms with Gasteiger partial charge >= 0.3 is 0 Å². The Labute approximate surface area is 232 Å². The maximum absolute atomic E-state index is 14.2. The van der Waals surface area contributed by atoms with E-state index >= 15 is 0 Å². The molecule has 0 radical (unpaired) electrons. The van der Waals surface area contributed by atoms with Gasteiger partial charge in [0.05, 0.1) is 10.6 Å². The number of unbranched alkanes of at least 4 members (excludes halogenated alkanes) is 1. The van der Waals surface area contributed by atoms with E-state index in [4.69, 9.17) is 9.51 Å². The van der Waals surface area contributed by atoms with Crippen molar-refractivity contribution < 1.29 is 17.3 Å². The fraction of sp³-hybridized carbons (Fsp3) is 0.241. The van der Waals surface area contributed by atoms with Crippen LogP contribution in [0.25, 0.3) is 22.5 Å². The molecule has 40 heavy (non-hydrogen) atoms. The van der Waals surface area contributed by atoms with Crippen LogP contribution < -0.4 is 4.72 Å². The van der Waals surface area contributed by atoms with E-state index in [-0.39, 0.29) is 10.7 Å². The second-order valence-electron chi connectivity index (χ2n) is 9.53. The molecule has 5 aromatic rings. The summed E-state index contributed by atoms with van der Waals surface area (Å²) in [4.78, 5) is 4.84. The van der Waals surface area contributed by atoms with Crippen molar-refractivity contribution in [2.45, 2.75) is 51.5 Å². The van der Waals surface area contributed by atoms with Crippen LogP contribution in [0.4, 0.5) is 10.2 Å². The Bertz CT molecular complexity index is 1730. The number of imidazole rings is 1. The molecule has 3 aromatic heterocycles. The number of aromatic nitrogens is 5. The average Bonchev–Trinajstić information content (AvgIpc) is 3.50. The number of sulfonamides is 1. The summed E-state index contributed by atoms with van der Waals surface area (Å²) >= 11 is 0. The number of benzene rings is 2. The number of hydrogen-bond acceptors (Lipinski definition) is 7. The number of rotatable bonds is 10. The molecule has 0 aliphatic carbocycles. The summed E-state index contributed by atoms with van der Waals surface area (Å²) in [5.41, 5.74) is 4.56. The zero-order valence-electron chi connectivity index (χ0n) is 22.4. The van der Waals surface area contributed by atoms with E-state index in [0.29, 0.717) is 17.7 Å². The highest BCUT2D eigenvalue weighted by atomic mass is 32.2. The molecular formula is C29H29FN6O3S. The minimum Gasteiger partial charge on any atom is -0.356 e. The first-order valence-corrected chi connectivity index (χ1v) is 14.4. The second kappa shape index (κ2) is 11.4. The Balaban J connectivity index is 1.41. The van der Waals surface area contributed by atoms with Gasteiger partial charge in [0, 0.05) is 24.7 Å². The molecule has 0 saturated carbocycles. The highest BCUT2D eigenvalue weighted by Crippen LogP contribution is 2.30. The van der Waals surface area contributed by atoms with E-state index in [1.807, 2.05) is 49.5 Å². The first-order valence-electron chi connectivity index (χ1n) is 12.9. The normalized spacial score (nSPS) is 11.6. The molecule has 0 aliphatic heterocycles. The smallest absolute Gasteiger partial charge is 0.263 e. The lowest BCUT2D eigenvalue weighted by Crippen LogP contribution is -2.15. The number of halogens is 1. The quantitative estimate of drug-likeness (QED) is 0.225. The van der Waals surface area contributed by atoms with E-state index in [2.05, 4.69) is 31.6 Å². The maximum Gasteiger partial charge on any atom is 0.263 e. The molecule has 0 bridgehead atoms. The van der Waals surface area contributed by atoms with Gasteiger partial charge in [0.2, 0.25) is 11.6 Å². The zero-order chi connectivity index (χ0) is 28.3. The van der Waals surface area contributed by atoms with Crippen molar-refractivity contribution in [1.82, 2.24) is 24.9 Å². The molecule has 0 saturated heterocycles. The molecule has 0 atom stereocenters. The lowest BCUT2D eigenvalue weighted by molar-refractivity contribution is 0.390. The summed E-state index contributed by atoms with van der Waals surface area (Å²) in [6.07, 6.45) is 4.92. The number of nitrogens with zero attached hydrogens (tertiary/aromatic N) is 5. The van der Waals surface area contributed by atoms with Crippen LogP contribution in [0, 0.1) is 19.7 Å². The largest absolute Gasteiger partial charge is 0.356 e. The number of nitrogens with one attached hydrogen (secondary N) is 1. The van der Waals surface area contributed by atoms with Gasteiger partial charge in [-0.1, -0.05) is 61.0 Å². The van der Waals surface area contributed by atoms with Crippen molar-refractivity contribution in [3.63, 3.8) is 0 Å². The predicted octanol–water partition coefficient (Wildman–Crippen LogP) is 5.94. The molecular weight excluding hydrogens is 531 g/mol. The second-order valence-corrected chi connectivity index (χ2v) is 11.2. The summed E-state index contributed by atoms with van der Waals surface area (Å²) < 4.78 is 49.5. The van der Waals surface area contributed by atoms with Gasteiger partial charge in [-0.2, -0.15) is 9.49 Å². The molecule has 1 N–H and O–H groups in total. The minimum atomic E-state index is -4.14. The third kappa shape index (κ3) is 5.79. The molecule has 3 heterocycles. The maximum atomic E-state index is 14.2. The Kier molecular flexibility index (Phi) is 7.74. The van der Waals surface area contributed by atoms with E-state index in [0.717, 1.165) is 47.7 Å². The van der Waals surface area contributed by atoms with Gasteiger partial charge in [0.15, 0.2) is 5.76 Å². The van der Waals surface area contributed by atoms with Crippen LogP contribution in [0.1, 0.15) is 42.6 Å². The fourth-order valence-corrected chi connectivity index (χ4v) is 5.54. The van der Waals surface area contributed by atoms with Gasteiger partial charge in [-0.05, 0) is 49.6 Å². The summed E-state index contributed by atoms with van der Waals surface area (Å²) in [6, 6.07) is 18.1. The SMILES string of the molecule is CCCCc1nc(-c2ccc(C)nn2)cn1Cc1ccc(-c2ccccc2S(=O)(=O)Nc2noc(C)c2F)cc1. The van der Waals surface area contributed by atoms with E-state index < -0.39 is 21.7 Å². The van der Waals surface area contributed by atoms with Crippen LogP contribution in [-0.2, 0) is 23.0 Å². The molecule has 0 spiro atoms. The van der Waals surface area contributed by atoms with E-state index in [9.17, 15) is 12.8 Å². The van der Waals surface area contributed by atoms with Gasteiger partial charge in [0.25, 0.3) is 10.0 Å².